The molecule has 0 saturated heterocycles. The molecule has 1 aliphatic rings. The molecule has 0 aliphatic heterocycles. The van der Waals surface area contributed by atoms with Crippen molar-refractivity contribution in [2.24, 2.45) is 5.73 Å². The summed E-state index contributed by atoms with van der Waals surface area (Å²) in [6.07, 6.45) is 5.20. The molecule has 0 bridgehead atoms. The van der Waals surface area contributed by atoms with Gasteiger partial charge in [0.25, 0.3) is 0 Å². The lowest BCUT2D eigenvalue weighted by atomic mass is 10.1. The summed E-state index contributed by atoms with van der Waals surface area (Å²) in [7, 11) is 0. The zero-order valence-corrected chi connectivity index (χ0v) is 13.3. The smallest absolute Gasteiger partial charge is 0.241 e. The number of rotatable bonds is 6. The maximum atomic E-state index is 11.9. The molecule has 1 aromatic carbocycles. The normalized spacial score (nSPS) is 16.3. The van der Waals surface area contributed by atoms with Crippen LogP contribution in [0.4, 0.5) is 0 Å². The van der Waals surface area contributed by atoms with Crippen LogP contribution in [-0.4, -0.2) is 25.2 Å². The fourth-order valence-corrected chi connectivity index (χ4v) is 2.49. The number of aryl methyl sites for hydroxylation is 1. The highest BCUT2D eigenvalue weighted by Gasteiger charge is 2.17. The maximum absolute atomic E-state index is 11.9. The van der Waals surface area contributed by atoms with Gasteiger partial charge in [0, 0.05) is 6.54 Å². The first-order valence-electron chi connectivity index (χ1n) is 7.38. The van der Waals surface area contributed by atoms with Gasteiger partial charge in [-0.3, -0.25) is 4.79 Å². The Morgan fingerprint density at radius 3 is 2.57 bits per heavy atom. The Morgan fingerprint density at radius 2 is 1.95 bits per heavy atom. The van der Waals surface area contributed by atoms with E-state index in [0.29, 0.717) is 19.3 Å². The van der Waals surface area contributed by atoms with Gasteiger partial charge >= 0.3 is 0 Å². The summed E-state index contributed by atoms with van der Waals surface area (Å²) in [6.45, 7) is 3.10. The monoisotopic (exact) mass is 312 g/mol. The molecular weight excluding hydrogens is 288 g/mol. The minimum Gasteiger partial charge on any atom is -0.376 e. The summed E-state index contributed by atoms with van der Waals surface area (Å²) in [4.78, 5) is 11.9. The van der Waals surface area contributed by atoms with E-state index in [1.807, 2.05) is 31.2 Å². The molecule has 0 aromatic heterocycles. The average molecular weight is 313 g/mol. The summed E-state index contributed by atoms with van der Waals surface area (Å²) in [6, 6.07) is 7.11. The van der Waals surface area contributed by atoms with Crippen molar-refractivity contribution < 1.29 is 9.53 Å². The zero-order chi connectivity index (χ0) is 14.4. The molecule has 0 radical (unpaired) electrons. The number of nitrogens with two attached hydrogens (primary N) is 1. The molecule has 1 amide bonds. The van der Waals surface area contributed by atoms with Gasteiger partial charge in [0.1, 0.15) is 6.04 Å². The number of amides is 1. The lowest BCUT2D eigenvalue weighted by molar-refractivity contribution is -0.122. The van der Waals surface area contributed by atoms with Crippen molar-refractivity contribution in [2.45, 2.75) is 44.8 Å². The van der Waals surface area contributed by atoms with Crippen LogP contribution in [0.1, 0.15) is 42.9 Å². The predicted molar refractivity (Wildman–Crippen MR) is 86.6 cm³/mol. The second-order valence-corrected chi connectivity index (χ2v) is 5.46. The minimum atomic E-state index is -0.609. The third-order valence-electron chi connectivity index (χ3n) is 3.78. The SMILES string of the molecule is Cc1ccc(C(N)C(=O)NCCOC2CCCC2)cc1.Cl. The molecule has 21 heavy (non-hydrogen) atoms. The maximum Gasteiger partial charge on any atom is 0.241 e. The van der Waals surface area contributed by atoms with Gasteiger partial charge in [-0.1, -0.05) is 42.7 Å². The van der Waals surface area contributed by atoms with E-state index < -0.39 is 6.04 Å². The van der Waals surface area contributed by atoms with Crippen LogP contribution in [0.2, 0.25) is 0 Å². The van der Waals surface area contributed by atoms with Crippen molar-refractivity contribution >= 4 is 18.3 Å². The summed E-state index contributed by atoms with van der Waals surface area (Å²) in [5, 5.41) is 2.83. The fourth-order valence-electron chi connectivity index (χ4n) is 2.49. The standard InChI is InChI=1S/C16H24N2O2.ClH/c1-12-6-8-13(9-7-12)15(17)16(19)18-10-11-20-14-4-2-3-5-14;/h6-9,14-15H,2-5,10-11,17H2,1H3,(H,18,19);1H. The molecule has 1 atom stereocenters. The molecule has 2 rings (SSSR count). The first-order chi connectivity index (χ1) is 9.66. The first kappa shape index (κ1) is 18.0. The highest BCUT2D eigenvalue weighted by molar-refractivity contribution is 5.85. The number of halogens is 1. The second-order valence-electron chi connectivity index (χ2n) is 5.46. The predicted octanol–water partition coefficient (Wildman–Crippen LogP) is 2.49. The van der Waals surface area contributed by atoms with E-state index in [2.05, 4.69) is 5.32 Å². The second kappa shape index (κ2) is 9.03. The average Bonchev–Trinajstić information content (AvgIpc) is 2.96. The Labute approximate surface area is 132 Å². The molecule has 0 heterocycles. The summed E-state index contributed by atoms with van der Waals surface area (Å²) in [5.41, 5.74) is 7.94. The summed E-state index contributed by atoms with van der Waals surface area (Å²) >= 11 is 0. The van der Waals surface area contributed by atoms with E-state index >= 15 is 0 Å². The fraction of sp³-hybridized carbons (Fsp3) is 0.562. The van der Waals surface area contributed by atoms with Crippen LogP contribution in [-0.2, 0) is 9.53 Å². The molecule has 1 fully saturated rings. The minimum absolute atomic E-state index is 0. The Bertz CT molecular complexity index is 430. The Hall–Kier alpha value is -1.10. The van der Waals surface area contributed by atoms with Crippen molar-refractivity contribution in [3.8, 4) is 0 Å². The molecule has 1 aromatic rings. The van der Waals surface area contributed by atoms with Crippen LogP contribution >= 0.6 is 12.4 Å². The van der Waals surface area contributed by atoms with Gasteiger partial charge in [0.15, 0.2) is 0 Å². The van der Waals surface area contributed by atoms with E-state index in [1.165, 1.54) is 12.8 Å². The molecule has 4 nitrogen and oxygen atoms in total. The van der Waals surface area contributed by atoms with Gasteiger partial charge in [-0.15, -0.1) is 12.4 Å². The Morgan fingerprint density at radius 1 is 1.33 bits per heavy atom. The van der Waals surface area contributed by atoms with Crippen molar-refractivity contribution in [2.75, 3.05) is 13.2 Å². The molecular formula is C16H25ClN2O2. The molecule has 0 spiro atoms. The van der Waals surface area contributed by atoms with Crippen molar-refractivity contribution in [3.63, 3.8) is 0 Å². The van der Waals surface area contributed by atoms with Gasteiger partial charge in [0.2, 0.25) is 5.91 Å². The van der Waals surface area contributed by atoms with E-state index in [9.17, 15) is 4.79 Å². The highest BCUT2D eigenvalue weighted by Crippen LogP contribution is 2.20. The summed E-state index contributed by atoms with van der Waals surface area (Å²) in [5.74, 6) is -0.149. The van der Waals surface area contributed by atoms with Gasteiger partial charge < -0.3 is 15.8 Å². The van der Waals surface area contributed by atoms with Crippen LogP contribution in [0.5, 0.6) is 0 Å². The van der Waals surface area contributed by atoms with Crippen molar-refractivity contribution in [1.29, 1.82) is 0 Å². The van der Waals surface area contributed by atoms with Crippen LogP contribution < -0.4 is 11.1 Å². The van der Waals surface area contributed by atoms with Crippen LogP contribution in [0.15, 0.2) is 24.3 Å². The van der Waals surface area contributed by atoms with Gasteiger partial charge in [-0.25, -0.2) is 0 Å². The van der Waals surface area contributed by atoms with Crippen molar-refractivity contribution in [1.82, 2.24) is 5.32 Å². The largest absolute Gasteiger partial charge is 0.376 e. The van der Waals surface area contributed by atoms with Gasteiger partial charge in [-0.2, -0.15) is 0 Å². The van der Waals surface area contributed by atoms with Crippen LogP contribution in [0, 0.1) is 6.92 Å². The van der Waals surface area contributed by atoms with E-state index in [1.54, 1.807) is 0 Å². The topological polar surface area (TPSA) is 64.4 Å². The van der Waals surface area contributed by atoms with E-state index in [-0.39, 0.29) is 18.3 Å². The molecule has 5 heteroatoms. The number of benzene rings is 1. The lowest BCUT2D eigenvalue weighted by Gasteiger charge is -2.14. The van der Waals surface area contributed by atoms with Crippen LogP contribution in [0.3, 0.4) is 0 Å². The van der Waals surface area contributed by atoms with E-state index in [0.717, 1.165) is 24.0 Å². The number of hydrogen-bond donors (Lipinski definition) is 2. The third-order valence-corrected chi connectivity index (χ3v) is 3.78. The van der Waals surface area contributed by atoms with Gasteiger partial charge in [0.05, 0.1) is 12.7 Å². The van der Waals surface area contributed by atoms with Crippen molar-refractivity contribution in [3.05, 3.63) is 35.4 Å². The Kier molecular flexibility index (Phi) is 7.72. The quantitative estimate of drug-likeness (QED) is 0.793. The summed E-state index contributed by atoms with van der Waals surface area (Å²) < 4.78 is 5.70. The zero-order valence-electron chi connectivity index (χ0n) is 12.5. The lowest BCUT2D eigenvalue weighted by Crippen LogP contribution is -2.36. The molecule has 118 valence electrons. The number of ether oxygens (including phenoxy) is 1. The number of nitrogens with one attached hydrogen (secondary N) is 1. The molecule has 1 saturated carbocycles. The third kappa shape index (κ3) is 5.65. The Balaban J connectivity index is 0.00000220. The molecule has 1 aliphatic carbocycles. The van der Waals surface area contributed by atoms with E-state index in [4.69, 9.17) is 10.5 Å². The molecule has 3 N–H and O–H groups in total. The molecule has 1 unspecified atom stereocenters. The highest BCUT2D eigenvalue weighted by atomic mass is 35.5. The number of hydrogen-bond acceptors (Lipinski definition) is 3. The number of carbonyl (C=O) groups excluding carboxylic acids is 1. The first-order valence-corrected chi connectivity index (χ1v) is 7.38. The van der Waals surface area contributed by atoms with Crippen LogP contribution in [0.25, 0.3) is 0 Å². The van der Waals surface area contributed by atoms with Gasteiger partial charge in [-0.05, 0) is 25.3 Å². The number of carbonyl (C=O) groups is 1.